The number of likely N-dealkylation sites (N-methyl/N-ethyl adjacent to an activating group) is 1. The van der Waals surface area contributed by atoms with Gasteiger partial charge in [0.2, 0.25) is 5.91 Å². The van der Waals surface area contributed by atoms with Crippen molar-refractivity contribution in [2.24, 2.45) is 0 Å². The number of fused-ring (bicyclic) bond motifs is 1. The lowest BCUT2D eigenvalue weighted by Crippen LogP contribution is -2.36. The number of aromatic nitrogens is 1. The molecule has 1 aromatic carbocycles. The number of amides is 1. The Kier molecular flexibility index (Phi) is 3.55. The highest BCUT2D eigenvalue weighted by atomic mass is 16.2. The third kappa shape index (κ3) is 2.31. The van der Waals surface area contributed by atoms with E-state index < -0.39 is 6.04 Å². The van der Waals surface area contributed by atoms with Crippen molar-refractivity contribution >= 4 is 22.5 Å². The SMILES string of the molecule is CCNC(=O)C(C)n1c(N)cc2ccccc2c1=O. The Hall–Kier alpha value is -2.30. The first-order valence-electron chi connectivity index (χ1n) is 6.23. The van der Waals surface area contributed by atoms with Gasteiger partial charge in [-0.2, -0.15) is 0 Å². The Bertz CT molecular complexity index is 676. The first-order chi connectivity index (χ1) is 9.06. The first-order valence-corrected chi connectivity index (χ1v) is 6.23. The van der Waals surface area contributed by atoms with Gasteiger partial charge in [-0.3, -0.25) is 14.2 Å². The van der Waals surface area contributed by atoms with Crippen LogP contribution in [0.15, 0.2) is 35.1 Å². The van der Waals surface area contributed by atoms with Crippen molar-refractivity contribution in [3.63, 3.8) is 0 Å². The number of pyridine rings is 1. The molecule has 0 fully saturated rings. The zero-order chi connectivity index (χ0) is 14.0. The minimum atomic E-state index is -0.628. The predicted molar refractivity (Wildman–Crippen MR) is 76.0 cm³/mol. The third-order valence-electron chi connectivity index (χ3n) is 3.11. The Labute approximate surface area is 111 Å². The Balaban J connectivity index is 2.61. The van der Waals surface area contributed by atoms with E-state index in [2.05, 4.69) is 5.32 Å². The zero-order valence-electron chi connectivity index (χ0n) is 11.0. The molecule has 0 aliphatic heterocycles. The summed E-state index contributed by atoms with van der Waals surface area (Å²) >= 11 is 0. The molecule has 0 saturated heterocycles. The number of nitrogens with two attached hydrogens (primary N) is 1. The quantitative estimate of drug-likeness (QED) is 0.871. The highest BCUT2D eigenvalue weighted by Crippen LogP contribution is 2.16. The number of hydrogen-bond acceptors (Lipinski definition) is 3. The average molecular weight is 259 g/mol. The molecular weight excluding hydrogens is 242 g/mol. The molecule has 5 nitrogen and oxygen atoms in total. The summed E-state index contributed by atoms with van der Waals surface area (Å²) in [6.45, 7) is 4.01. The van der Waals surface area contributed by atoms with Crippen LogP contribution in [-0.4, -0.2) is 17.0 Å². The lowest BCUT2D eigenvalue weighted by atomic mass is 10.1. The molecule has 0 radical (unpaired) electrons. The molecule has 1 unspecified atom stereocenters. The molecule has 100 valence electrons. The van der Waals surface area contributed by atoms with Crippen molar-refractivity contribution < 1.29 is 4.79 Å². The highest BCUT2D eigenvalue weighted by Gasteiger charge is 2.18. The number of hydrogen-bond donors (Lipinski definition) is 2. The van der Waals surface area contributed by atoms with Crippen LogP contribution in [0.3, 0.4) is 0 Å². The molecular formula is C14H17N3O2. The van der Waals surface area contributed by atoms with Gasteiger partial charge in [0, 0.05) is 11.9 Å². The van der Waals surface area contributed by atoms with E-state index in [4.69, 9.17) is 5.73 Å². The van der Waals surface area contributed by atoms with E-state index in [9.17, 15) is 9.59 Å². The third-order valence-corrected chi connectivity index (χ3v) is 3.11. The average Bonchev–Trinajstić information content (AvgIpc) is 2.38. The predicted octanol–water partition coefficient (Wildman–Crippen LogP) is 1.28. The van der Waals surface area contributed by atoms with E-state index in [-0.39, 0.29) is 11.5 Å². The van der Waals surface area contributed by atoms with Crippen LogP contribution in [0.1, 0.15) is 19.9 Å². The van der Waals surface area contributed by atoms with Gasteiger partial charge in [-0.05, 0) is 31.4 Å². The van der Waals surface area contributed by atoms with Crippen LogP contribution in [-0.2, 0) is 4.79 Å². The van der Waals surface area contributed by atoms with Crippen LogP contribution in [0, 0.1) is 0 Å². The van der Waals surface area contributed by atoms with E-state index in [0.29, 0.717) is 17.7 Å². The van der Waals surface area contributed by atoms with Gasteiger partial charge in [0.15, 0.2) is 0 Å². The highest BCUT2D eigenvalue weighted by molar-refractivity contribution is 5.85. The number of nitrogens with one attached hydrogen (secondary N) is 1. The fourth-order valence-corrected chi connectivity index (χ4v) is 2.13. The van der Waals surface area contributed by atoms with Crippen molar-refractivity contribution in [3.8, 4) is 0 Å². The van der Waals surface area contributed by atoms with Crippen LogP contribution >= 0.6 is 0 Å². The normalized spacial score (nSPS) is 12.3. The van der Waals surface area contributed by atoms with Crippen molar-refractivity contribution in [1.29, 1.82) is 0 Å². The van der Waals surface area contributed by atoms with Crippen molar-refractivity contribution in [2.45, 2.75) is 19.9 Å². The molecule has 0 aliphatic carbocycles. The largest absolute Gasteiger partial charge is 0.385 e. The lowest BCUT2D eigenvalue weighted by Gasteiger charge is -2.17. The summed E-state index contributed by atoms with van der Waals surface area (Å²) in [6, 6.07) is 8.29. The summed E-state index contributed by atoms with van der Waals surface area (Å²) < 4.78 is 1.33. The molecule has 19 heavy (non-hydrogen) atoms. The summed E-state index contributed by atoms with van der Waals surface area (Å²) in [5, 5.41) is 4.04. The number of carbonyl (C=O) groups excluding carboxylic acids is 1. The van der Waals surface area contributed by atoms with E-state index in [1.807, 2.05) is 19.1 Å². The van der Waals surface area contributed by atoms with Gasteiger partial charge >= 0.3 is 0 Å². The first kappa shape index (κ1) is 13.1. The van der Waals surface area contributed by atoms with E-state index >= 15 is 0 Å². The second kappa shape index (κ2) is 5.14. The van der Waals surface area contributed by atoms with Crippen LogP contribution in [0.5, 0.6) is 0 Å². The van der Waals surface area contributed by atoms with Crippen LogP contribution < -0.4 is 16.6 Å². The summed E-state index contributed by atoms with van der Waals surface area (Å²) in [4.78, 5) is 24.3. The van der Waals surface area contributed by atoms with Crippen molar-refractivity contribution in [3.05, 3.63) is 40.7 Å². The topological polar surface area (TPSA) is 77.1 Å². The number of benzene rings is 1. The summed E-state index contributed by atoms with van der Waals surface area (Å²) in [5.74, 6) is 0.0778. The Morgan fingerprint density at radius 1 is 1.42 bits per heavy atom. The van der Waals surface area contributed by atoms with Gasteiger partial charge in [-0.15, -0.1) is 0 Å². The zero-order valence-corrected chi connectivity index (χ0v) is 11.0. The lowest BCUT2D eigenvalue weighted by molar-refractivity contribution is -0.123. The fraction of sp³-hybridized carbons (Fsp3) is 0.286. The molecule has 3 N–H and O–H groups in total. The molecule has 1 atom stereocenters. The number of rotatable bonds is 3. The van der Waals surface area contributed by atoms with Gasteiger partial charge in [0.25, 0.3) is 5.56 Å². The van der Waals surface area contributed by atoms with Crippen molar-refractivity contribution in [1.82, 2.24) is 9.88 Å². The van der Waals surface area contributed by atoms with E-state index in [0.717, 1.165) is 5.39 Å². The van der Waals surface area contributed by atoms with Gasteiger partial charge in [-0.25, -0.2) is 0 Å². The molecule has 0 bridgehead atoms. The minimum absolute atomic E-state index is 0.216. The van der Waals surface area contributed by atoms with Gasteiger partial charge in [-0.1, -0.05) is 18.2 Å². The van der Waals surface area contributed by atoms with E-state index in [1.54, 1.807) is 25.1 Å². The molecule has 0 aliphatic rings. The number of carbonyl (C=O) groups is 1. The van der Waals surface area contributed by atoms with E-state index in [1.165, 1.54) is 4.57 Å². The maximum Gasteiger partial charge on any atom is 0.260 e. The molecule has 2 rings (SSSR count). The summed E-state index contributed by atoms with van der Waals surface area (Å²) in [6.07, 6.45) is 0. The molecule has 2 aromatic rings. The Morgan fingerprint density at radius 2 is 2.11 bits per heavy atom. The monoisotopic (exact) mass is 259 g/mol. The van der Waals surface area contributed by atoms with Crippen LogP contribution in [0.2, 0.25) is 0 Å². The molecule has 5 heteroatoms. The molecule has 1 amide bonds. The smallest absolute Gasteiger partial charge is 0.260 e. The molecule has 1 aromatic heterocycles. The fourth-order valence-electron chi connectivity index (χ4n) is 2.13. The number of nitrogens with zero attached hydrogens (tertiary/aromatic N) is 1. The Morgan fingerprint density at radius 3 is 2.79 bits per heavy atom. The number of anilines is 1. The summed E-state index contributed by atoms with van der Waals surface area (Å²) in [7, 11) is 0. The summed E-state index contributed by atoms with van der Waals surface area (Å²) in [5.41, 5.74) is 5.66. The van der Waals surface area contributed by atoms with Crippen molar-refractivity contribution in [2.75, 3.05) is 12.3 Å². The molecule has 0 saturated carbocycles. The maximum atomic E-state index is 12.4. The molecule has 0 spiro atoms. The number of nitrogen functional groups attached to an aromatic ring is 1. The van der Waals surface area contributed by atoms with Crippen LogP contribution in [0.25, 0.3) is 10.8 Å². The van der Waals surface area contributed by atoms with Gasteiger partial charge in [0.1, 0.15) is 11.9 Å². The second-order valence-electron chi connectivity index (χ2n) is 4.40. The standard InChI is InChI=1S/C14H17N3O2/c1-3-16-13(18)9(2)17-12(15)8-10-6-4-5-7-11(10)14(17)19/h4-9H,3,15H2,1-2H3,(H,16,18). The second-order valence-corrected chi connectivity index (χ2v) is 4.40. The van der Waals surface area contributed by atoms with Gasteiger partial charge in [0.05, 0.1) is 0 Å². The maximum absolute atomic E-state index is 12.4. The molecule has 1 heterocycles. The minimum Gasteiger partial charge on any atom is -0.385 e. The van der Waals surface area contributed by atoms with Gasteiger partial charge < -0.3 is 11.1 Å². The van der Waals surface area contributed by atoms with Crippen LogP contribution in [0.4, 0.5) is 5.82 Å².